The number of benzene rings is 4. The third kappa shape index (κ3) is 22.4. The zero-order valence-corrected chi connectivity index (χ0v) is 57.4. The Labute approximate surface area is 511 Å². The van der Waals surface area contributed by atoms with Gasteiger partial charge >= 0.3 is 0 Å². The number of rotatable bonds is 48. The maximum absolute atomic E-state index is 15.0. The fourth-order valence-corrected chi connectivity index (χ4v) is 22.7. The van der Waals surface area contributed by atoms with Gasteiger partial charge < -0.3 is 0 Å². The molecule has 480 valence electrons. The van der Waals surface area contributed by atoms with Crippen LogP contribution in [0.25, 0.3) is 32.3 Å². The second-order valence-electron chi connectivity index (χ2n) is 24.1. The van der Waals surface area contributed by atoms with Crippen LogP contribution in [0.2, 0.25) is 0 Å². The number of unbranched alkanes of at least 4 members (excludes halogenated alkanes) is 30. The van der Waals surface area contributed by atoms with Crippen LogP contribution in [0.15, 0.2) is 65.8 Å². The maximum atomic E-state index is 15.0. The molecule has 0 amide bonds. The Morgan fingerprint density at radius 1 is 0.179 bits per heavy atom. The molecule has 0 saturated carbocycles. The van der Waals surface area contributed by atoms with E-state index in [2.05, 4.69) is 41.5 Å². The molecule has 0 aliphatic heterocycles. The molecular formula is C66H108O12S6. The average Bonchev–Trinajstić information content (AvgIpc) is 0.863. The van der Waals surface area contributed by atoms with Crippen LogP contribution < -0.4 is 0 Å². The highest BCUT2D eigenvalue weighted by Gasteiger charge is 2.34. The summed E-state index contributed by atoms with van der Waals surface area (Å²) in [5, 5.41) is 0.474. The van der Waals surface area contributed by atoms with Gasteiger partial charge in [-0.05, 0) is 107 Å². The van der Waals surface area contributed by atoms with E-state index in [0.717, 1.165) is 154 Å². The van der Waals surface area contributed by atoms with E-state index in [0.29, 0.717) is 38.5 Å². The molecule has 0 aliphatic rings. The fourth-order valence-electron chi connectivity index (χ4n) is 11.6. The summed E-state index contributed by atoms with van der Waals surface area (Å²) >= 11 is 0. The highest BCUT2D eigenvalue weighted by Crippen LogP contribution is 2.45. The van der Waals surface area contributed by atoms with Crippen molar-refractivity contribution in [3.05, 3.63) is 36.4 Å². The normalized spacial score (nSPS) is 13.1. The summed E-state index contributed by atoms with van der Waals surface area (Å²) in [7, 11) is -26.4. The van der Waals surface area contributed by atoms with E-state index in [9.17, 15) is 50.5 Å². The summed E-state index contributed by atoms with van der Waals surface area (Å²) in [6.07, 6.45) is 27.3. The minimum Gasteiger partial charge on any atom is -0.224 e. The third-order valence-electron chi connectivity index (χ3n) is 16.7. The van der Waals surface area contributed by atoms with Gasteiger partial charge in [-0.1, -0.05) is 234 Å². The predicted molar refractivity (Wildman–Crippen MR) is 352 cm³/mol. The van der Waals surface area contributed by atoms with Gasteiger partial charge in [-0.25, -0.2) is 50.5 Å². The molecule has 4 rings (SSSR count). The van der Waals surface area contributed by atoms with E-state index in [1.165, 1.54) is 36.4 Å². The van der Waals surface area contributed by atoms with Crippen LogP contribution in [-0.4, -0.2) is 85.0 Å². The zero-order valence-electron chi connectivity index (χ0n) is 52.5. The molecule has 0 saturated heterocycles. The summed E-state index contributed by atoms with van der Waals surface area (Å²) in [5.74, 6) is -2.20. The molecule has 4 aromatic rings. The van der Waals surface area contributed by atoms with E-state index >= 15 is 0 Å². The average molecular weight is 1290 g/mol. The summed E-state index contributed by atoms with van der Waals surface area (Å²) in [6, 6.07) is 7.67. The van der Waals surface area contributed by atoms with Crippen LogP contribution in [-0.2, 0) is 59.0 Å². The minimum absolute atomic E-state index is 0.0791. The molecule has 0 fully saturated rings. The Morgan fingerprint density at radius 2 is 0.286 bits per heavy atom. The van der Waals surface area contributed by atoms with Gasteiger partial charge in [-0.15, -0.1) is 0 Å². The van der Waals surface area contributed by atoms with Gasteiger partial charge in [0.05, 0.1) is 63.9 Å². The Balaban J connectivity index is 2.29. The maximum Gasteiger partial charge on any atom is 0.179 e. The molecule has 12 nitrogen and oxygen atoms in total. The van der Waals surface area contributed by atoms with Crippen molar-refractivity contribution in [2.45, 2.75) is 302 Å². The molecule has 0 radical (unpaired) electrons. The lowest BCUT2D eigenvalue weighted by Crippen LogP contribution is -2.17. The predicted octanol–water partition coefficient (Wildman–Crippen LogP) is 18.0. The fraction of sp³-hybridized carbons (Fsp3) is 0.727. The molecular weight excluding hydrogens is 1180 g/mol. The molecule has 0 N–H and O–H groups in total. The Hall–Kier alpha value is -2.64. The smallest absolute Gasteiger partial charge is 0.179 e. The topological polar surface area (TPSA) is 205 Å². The lowest BCUT2D eigenvalue weighted by molar-refractivity contribution is 0.572. The van der Waals surface area contributed by atoms with Crippen molar-refractivity contribution >= 4 is 91.3 Å². The first-order valence-corrected chi connectivity index (χ1v) is 42.8. The first-order chi connectivity index (χ1) is 40.0. The van der Waals surface area contributed by atoms with Crippen LogP contribution in [0.5, 0.6) is 0 Å². The lowest BCUT2D eigenvalue weighted by atomic mass is 9.94. The Morgan fingerprint density at radius 3 is 0.405 bits per heavy atom. The highest BCUT2D eigenvalue weighted by molar-refractivity contribution is 7.95. The molecule has 0 heterocycles. The summed E-state index contributed by atoms with van der Waals surface area (Å²) in [5.41, 5.74) is 0. The number of fused-ring (bicyclic) bond motifs is 6. The van der Waals surface area contributed by atoms with Gasteiger partial charge in [0, 0.05) is 0 Å². The summed E-state index contributed by atoms with van der Waals surface area (Å²) in [6.45, 7) is 12.5. The lowest BCUT2D eigenvalue weighted by Gasteiger charge is -2.20. The van der Waals surface area contributed by atoms with Crippen LogP contribution in [0.3, 0.4) is 0 Å². The second kappa shape index (κ2) is 36.7. The van der Waals surface area contributed by atoms with Crippen molar-refractivity contribution in [2.24, 2.45) is 0 Å². The largest absolute Gasteiger partial charge is 0.224 e. The van der Waals surface area contributed by atoms with Crippen LogP contribution in [0, 0.1) is 0 Å². The summed E-state index contributed by atoms with van der Waals surface area (Å²) in [4.78, 5) is -2.75. The molecule has 0 spiro atoms. The van der Waals surface area contributed by atoms with Crippen LogP contribution in [0.1, 0.15) is 273 Å². The van der Waals surface area contributed by atoms with Crippen molar-refractivity contribution in [3.8, 4) is 0 Å². The molecule has 4 aromatic carbocycles. The van der Waals surface area contributed by atoms with Gasteiger partial charge in [0.1, 0.15) is 0 Å². The quantitative estimate of drug-likeness (QED) is 0.0299. The first kappa shape index (κ1) is 73.8. The van der Waals surface area contributed by atoms with Crippen LogP contribution >= 0.6 is 0 Å². The third-order valence-corrected chi connectivity index (χ3v) is 28.1. The minimum atomic E-state index is -4.39. The molecule has 0 unspecified atom stereocenters. The Bertz CT molecular complexity index is 2760. The molecule has 0 aliphatic carbocycles. The van der Waals surface area contributed by atoms with Gasteiger partial charge in [0.15, 0.2) is 59.0 Å². The van der Waals surface area contributed by atoms with Crippen LogP contribution in [0.4, 0.5) is 0 Å². The van der Waals surface area contributed by atoms with Gasteiger partial charge in [-0.3, -0.25) is 0 Å². The standard InChI is InChI=1S/C66H108O12S6/c1-7-13-19-25-31-37-43-79(67,68)61-49-55-56(50-62(61)80(69,70)44-38-32-26-20-14-8-2)58-52-64(82(73,74)46-40-34-28-22-16-10-4)66(84(77,78)48-42-36-30-24-18-12-6)54-60(58)59-53-65(83(75,76)47-41-35-29-23-17-11-5)63(51-57(55)59)81(71,72)45-39-33-27-21-15-9-3/h49-54H,7-48H2,1-6H3. The van der Waals surface area contributed by atoms with E-state index in [-0.39, 0.29) is 105 Å². The monoisotopic (exact) mass is 1280 g/mol. The van der Waals surface area contributed by atoms with Gasteiger partial charge in [0.2, 0.25) is 0 Å². The van der Waals surface area contributed by atoms with Crippen molar-refractivity contribution in [1.29, 1.82) is 0 Å². The first-order valence-electron chi connectivity index (χ1n) is 32.9. The molecule has 0 atom stereocenters. The number of hydrogen-bond donors (Lipinski definition) is 0. The molecule has 18 heteroatoms. The van der Waals surface area contributed by atoms with Gasteiger partial charge in [-0.2, -0.15) is 0 Å². The van der Waals surface area contributed by atoms with Crippen molar-refractivity contribution in [1.82, 2.24) is 0 Å². The molecule has 84 heavy (non-hydrogen) atoms. The van der Waals surface area contributed by atoms with Crippen molar-refractivity contribution in [3.63, 3.8) is 0 Å². The molecule has 0 aromatic heterocycles. The van der Waals surface area contributed by atoms with Gasteiger partial charge in [0.25, 0.3) is 0 Å². The van der Waals surface area contributed by atoms with E-state index in [1.54, 1.807) is 0 Å². The van der Waals surface area contributed by atoms with Crippen molar-refractivity contribution in [2.75, 3.05) is 34.5 Å². The number of hydrogen-bond acceptors (Lipinski definition) is 12. The second-order valence-corrected chi connectivity index (χ2v) is 36.5. The van der Waals surface area contributed by atoms with Crippen molar-refractivity contribution < 1.29 is 50.5 Å². The SMILES string of the molecule is CCCCCCCCS(=O)(=O)c1cc2c3cc(S(=O)(=O)CCCCCCCC)c(S(=O)(=O)CCCCCCCC)cc3c3cc(S(=O)(=O)CCCCCCCC)c(S(=O)(=O)CCCCCCCC)cc3c2cc1S(=O)(=O)CCCCCCCC. The zero-order chi connectivity index (χ0) is 61.9. The highest BCUT2D eigenvalue weighted by atomic mass is 32.2. The Kier molecular flexibility index (Phi) is 32.3. The summed E-state index contributed by atoms with van der Waals surface area (Å²) < 4.78 is 180. The number of sulfone groups is 6. The van der Waals surface area contributed by atoms with E-state index < -0.39 is 88.4 Å². The van der Waals surface area contributed by atoms with E-state index in [4.69, 9.17) is 0 Å². The molecule has 0 bridgehead atoms. The van der Waals surface area contributed by atoms with E-state index in [1.807, 2.05) is 0 Å².